The van der Waals surface area contributed by atoms with Crippen molar-refractivity contribution in [2.24, 2.45) is 0 Å². The fraction of sp³-hybridized carbons (Fsp3) is 0. The van der Waals surface area contributed by atoms with Gasteiger partial charge in [-0.1, -0.05) is 11.6 Å². The van der Waals surface area contributed by atoms with Gasteiger partial charge in [0, 0.05) is 14.9 Å². The van der Waals surface area contributed by atoms with Gasteiger partial charge in [-0.15, -0.1) is 0 Å². The van der Waals surface area contributed by atoms with Crippen LogP contribution in [0, 0.1) is 0 Å². The number of nitrogens with one attached hydrogen (secondary N) is 1. The summed E-state index contributed by atoms with van der Waals surface area (Å²) in [4.78, 5) is 0. The van der Waals surface area contributed by atoms with E-state index in [2.05, 4.69) is 26.1 Å². The average Bonchev–Trinajstić information content (AvgIpc) is 2.34. The highest BCUT2D eigenvalue weighted by Gasteiger charge is 2.00. The minimum absolute atomic E-state index is 0.702. The largest absolute Gasteiger partial charge is 0.278 e. The van der Waals surface area contributed by atoms with Crippen LogP contribution in [0.5, 0.6) is 0 Å². The molecule has 0 aliphatic heterocycles. The van der Waals surface area contributed by atoms with Crippen molar-refractivity contribution in [2.75, 3.05) is 0 Å². The van der Waals surface area contributed by atoms with Crippen molar-refractivity contribution in [3.63, 3.8) is 0 Å². The van der Waals surface area contributed by atoms with Crippen LogP contribution < -0.4 is 0 Å². The van der Waals surface area contributed by atoms with Gasteiger partial charge in [0.25, 0.3) is 0 Å². The first-order valence-corrected chi connectivity index (χ1v) is 4.22. The van der Waals surface area contributed by atoms with Crippen LogP contribution in [0.15, 0.2) is 22.8 Å². The van der Waals surface area contributed by atoms with Crippen molar-refractivity contribution in [1.29, 1.82) is 0 Å². The summed E-state index contributed by atoms with van der Waals surface area (Å²) in [5, 5.41) is 8.48. The third-order valence-electron chi connectivity index (χ3n) is 1.47. The van der Waals surface area contributed by atoms with Gasteiger partial charge >= 0.3 is 0 Å². The maximum absolute atomic E-state index is 5.80. The molecule has 11 heavy (non-hydrogen) atoms. The van der Waals surface area contributed by atoms with E-state index in [0.29, 0.717) is 5.02 Å². The highest BCUT2D eigenvalue weighted by Crippen LogP contribution is 2.26. The van der Waals surface area contributed by atoms with Crippen molar-refractivity contribution in [3.8, 4) is 0 Å². The minimum atomic E-state index is 0.702. The molecule has 1 aromatic heterocycles. The summed E-state index contributed by atoms with van der Waals surface area (Å²) in [7, 11) is 0. The van der Waals surface area contributed by atoms with E-state index in [1.807, 2.05) is 12.1 Å². The van der Waals surface area contributed by atoms with E-state index >= 15 is 0 Å². The molecule has 2 aromatic rings. The van der Waals surface area contributed by atoms with Gasteiger partial charge in [0.15, 0.2) is 0 Å². The first kappa shape index (κ1) is 7.13. The van der Waals surface area contributed by atoms with E-state index in [-0.39, 0.29) is 0 Å². The topological polar surface area (TPSA) is 28.7 Å². The molecule has 0 fully saturated rings. The minimum Gasteiger partial charge on any atom is -0.278 e. The molecule has 0 unspecified atom stereocenters. The Bertz CT molecular complexity index is 396. The van der Waals surface area contributed by atoms with Crippen molar-refractivity contribution >= 4 is 38.4 Å². The molecule has 4 heteroatoms. The van der Waals surface area contributed by atoms with Crippen LogP contribution in [-0.4, -0.2) is 10.2 Å². The Balaban J connectivity index is 2.91. The zero-order valence-corrected chi connectivity index (χ0v) is 7.78. The summed E-state index contributed by atoms with van der Waals surface area (Å²) >= 11 is 9.19. The Labute approximate surface area is 76.7 Å². The molecular weight excluding hydrogens is 227 g/mol. The number of fused-ring (bicyclic) bond motifs is 1. The molecular formula is C7H4BrClN2. The zero-order chi connectivity index (χ0) is 7.84. The lowest BCUT2D eigenvalue weighted by molar-refractivity contribution is 1.12. The van der Waals surface area contributed by atoms with Crippen molar-refractivity contribution in [3.05, 3.63) is 27.8 Å². The first-order valence-electron chi connectivity index (χ1n) is 3.05. The first-order chi connectivity index (χ1) is 5.27. The van der Waals surface area contributed by atoms with E-state index in [1.54, 1.807) is 6.20 Å². The van der Waals surface area contributed by atoms with E-state index < -0.39 is 0 Å². The predicted octanol–water partition coefficient (Wildman–Crippen LogP) is 2.98. The molecule has 0 aliphatic rings. The molecule has 0 amide bonds. The van der Waals surface area contributed by atoms with E-state index in [0.717, 1.165) is 15.4 Å². The Morgan fingerprint density at radius 3 is 3.09 bits per heavy atom. The van der Waals surface area contributed by atoms with Crippen LogP contribution in [0.25, 0.3) is 10.9 Å². The van der Waals surface area contributed by atoms with E-state index in [1.165, 1.54) is 0 Å². The third-order valence-corrected chi connectivity index (χ3v) is 2.35. The standard InChI is InChI=1S/C7H4BrClN2/c8-6-1-4(9)2-7-5(6)3-10-11-7/h1-3H,(H,10,11). The summed E-state index contributed by atoms with van der Waals surface area (Å²) in [5.74, 6) is 0. The Hall–Kier alpha value is -0.540. The zero-order valence-electron chi connectivity index (χ0n) is 5.44. The van der Waals surface area contributed by atoms with Crippen molar-refractivity contribution in [1.82, 2.24) is 10.2 Å². The van der Waals surface area contributed by atoms with Crippen molar-refractivity contribution in [2.45, 2.75) is 0 Å². The number of hydrogen-bond acceptors (Lipinski definition) is 1. The molecule has 2 nitrogen and oxygen atoms in total. The number of hydrogen-bond donors (Lipinski definition) is 1. The van der Waals surface area contributed by atoms with Gasteiger partial charge in [-0.3, -0.25) is 5.10 Å². The summed E-state index contributed by atoms with van der Waals surface area (Å²) in [6, 6.07) is 3.69. The molecule has 0 saturated heterocycles. The molecule has 0 bridgehead atoms. The van der Waals surface area contributed by atoms with Gasteiger partial charge in [0.05, 0.1) is 11.7 Å². The Kier molecular flexibility index (Phi) is 1.62. The normalized spacial score (nSPS) is 10.7. The van der Waals surface area contributed by atoms with Crippen LogP contribution in [-0.2, 0) is 0 Å². The Morgan fingerprint density at radius 1 is 1.45 bits per heavy atom. The molecule has 0 aliphatic carbocycles. The summed E-state index contributed by atoms with van der Waals surface area (Å²) < 4.78 is 0.966. The number of aromatic amines is 1. The number of aromatic nitrogens is 2. The molecule has 0 saturated carbocycles. The van der Waals surface area contributed by atoms with Gasteiger partial charge in [-0.25, -0.2) is 0 Å². The molecule has 56 valence electrons. The van der Waals surface area contributed by atoms with Gasteiger partial charge < -0.3 is 0 Å². The predicted molar refractivity (Wildman–Crippen MR) is 48.8 cm³/mol. The number of H-pyrrole nitrogens is 1. The molecule has 1 N–H and O–H groups in total. The molecule has 0 atom stereocenters. The smallest absolute Gasteiger partial charge is 0.0676 e. The Morgan fingerprint density at radius 2 is 2.27 bits per heavy atom. The van der Waals surface area contributed by atoms with Crippen LogP contribution in [0.4, 0.5) is 0 Å². The molecule has 2 rings (SSSR count). The maximum atomic E-state index is 5.80. The molecule has 0 radical (unpaired) electrons. The van der Waals surface area contributed by atoms with E-state index in [4.69, 9.17) is 11.6 Å². The van der Waals surface area contributed by atoms with Crippen LogP contribution >= 0.6 is 27.5 Å². The highest BCUT2D eigenvalue weighted by atomic mass is 79.9. The van der Waals surface area contributed by atoms with Gasteiger partial charge in [0.1, 0.15) is 0 Å². The summed E-state index contributed by atoms with van der Waals surface area (Å²) in [5.41, 5.74) is 0.948. The molecule has 1 heterocycles. The second-order valence-electron chi connectivity index (χ2n) is 2.22. The fourth-order valence-corrected chi connectivity index (χ4v) is 1.89. The monoisotopic (exact) mass is 230 g/mol. The lowest BCUT2D eigenvalue weighted by atomic mass is 10.3. The van der Waals surface area contributed by atoms with Gasteiger partial charge in [0.2, 0.25) is 0 Å². The number of nitrogens with zero attached hydrogens (tertiary/aromatic N) is 1. The lowest BCUT2D eigenvalue weighted by Gasteiger charge is -1.93. The second-order valence-corrected chi connectivity index (χ2v) is 3.51. The average molecular weight is 231 g/mol. The highest BCUT2D eigenvalue weighted by molar-refractivity contribution is 9.10. The molecule has 1 aromatic carbocycles. The third kappa shape index (κ3) is 1.14. The van der Waals surface area contributed by atoms with Gasteiger partial charge in [-0.2, -0.15) is 5.10 Å². The van der Waals surface area contributed by atoms with Crippen molar-refractivity contribution < 1.29 is 0 Å². The number of rotatable bonds is 0. The second kappa shape index (κ2) is 2.50. The fourth-order valence-electron chi connectivity index (χ4n) is 0.975. The summed E-state index contributed by atoms with van der Waals surface area (Å²) in [6.07, 6.45) is 1.76. The quantitative estimate of drug-likeness (QED) is 0.742. The summed E-state index contributed by atoms with van der Waals surface area (Å²) in [6.45, 7) is 0. The van der Waals surface area contributed by atoms with Gasteiger partial charge in [-0.05, 0) is 28.1 Å². The van der Waals surface area contributed by atoms with Crippen LogP contribution in [0.3, 0.4) is 0 Å². The number of halogens is 2. The maximum Gasteiger partial charge on any atom is 0.0676 e. The number of benzene rings is 1. The lowest BCUT2D eigenvalue weighted by Crippen LogP contribution is -1.70. The van der Waals surface area contributed by atoms with Crippen LogP contribution in [0.1, 0.15) is 0 Å². The van der Waals surface area contributed by atoms with E-state index in [9.17, 15) is 0 Å². The SMILES string of the molecule is Clc1cc(Br)c2cn[nH]c2c1. The molecule has 0 spiro atoms. The van der Waals surface area contributed by atoms with Crippen LogP contribution in [0.2, 0.25) is 5.02 Å².